The van der Waals surface area contributed by atoms with Crippen LogP contribution in [0.25, 0.3) is 32.9 Å². The fourth-order valence-electron chi connectivity index (χ4n) is 2.26. The van der Waals surface area contributed by atoms with Crippen LogP contribution in [0.5, 0.6) is 0 Å². The Morgan fingerprint density at radius 3 is 2.86 bits per heavy atom. The lowest BCUT2D eigenvalue weighted by Crippen LogP contribution is -1.97. The van der Waals surface area contributed by atoms with Gasteiger partial charge in [0.05, 0.1) is 11.6 Å². The fourth-order valence-corrected chi connectivity index (χ4v) is 3.01. The first-order chi connectivity index (χ1) is 10.3. The predicted octanol–water partition coefficient (Wildman–Crippen LogP) is 3.60. The third-order valence-electron chi connectivity index (χ3n) is 3.19. The zero-order chi connectivity index (χ0) is 14.2. The number of furan rings is 1. The first kappa shape index (κ1) is 12.0. The maximum Gasteiger partial charge on any atom is 0.166 e. The van der Waals surface area contributed by atoms with Gasteiger partial charge >= 0.3 is 0 Å². The molecule has 0 amide bonds. The maximum absolute atomic E-state index is 6.02. The van der Waals surface area contributed by atoms with Crippen LogP contribution in [0.1, 0.15) is 0 Å². The molecular formula is C15H10N4OS. The van der Waals surface area contributed by atoms with Crippen LogP contribution in [0.3, 0.4) is 0 Å². The highest BCUT2D eigenvalue weighted by Gasteiger charge is 2.15. The van der Waals surface area contributed by atoms with Gasteiger partial charge in [0.15, 0.2) is 11.4 Å². The molecule has 4 heterocycles. The molecule has 0 spiro atoms. The number of thiophene rings is 1. The Morgan fingerprint density at radius 2 is 2.10 bits per heavy atom. The van der Waals surface area contributed by atoms with E-state index in [-0.39, 0.29) is 0 Å². The number of aromatic nitrogens is 3. The second kappa shape index (κ2) is 4.68. The van der Waals surface area contributed by atoms with Gasteiger partial charge < -0.3 is 10.2 Å². The number of nitrogens with two attached hydrogens (primary N) is 1. The van der Waals surface area contributed by atoms with Gasteiger partial charge in [-0.2, -0.15) is 0 Å². The first-order valence-corrected chi connectivity index (χ1v) is 7.20. The summed E-state index contributed by atoms with van der Waals surface area (Å²) in [5.41, 5.74) is 8.29. The number of pyridine rings is 1. The molecule has 0 fully saturated rings. The van der Waals surface area contributed by atoms with Gasteiger partial charge in [0.2, 0.25) is 0 Å². The molecule has 0 saturated heterocycles. The molecule has 102 valence electrons. The molecule has 6 heteroatoms. The third-order valence-corrected chi connectivity index (χ3v) is 4.10. The molecule has 0 aromatic carbocycles. The van der Waals surface area contributed by atoms with Gasteiger partial charge in [-0.3, -0.25) is 0 Å². The summed E-state index contributed by atoms with van der Waals surface area (Å²) in [5.74, 6) is 1.13. The second-order valence-corrected chi connectivity index (χ2v) is 5.41. The Bertz CT molecular complexity index is 901. The fraction of sp³-hybridized carbons (Fsp3) is 0. The highest BCUT2D eigenvalue weighted by Crippen LogP contribution is 2.35. The summed E-state index contributed by atoms with van der Waals surface area (Å²) in [6.07, 6.45) is 3.05. The largest absolute Gasteiger partial charge is 0.463 e. The summed E-state index contributed by atoms with van der Waals surface area (Å²) in [6.45, 7) is 0. The molecule has 0 aliphatic rings. The Balaban J connectivity index is 2.09. The van der Waals surface area contributed by atoms with Gasteiger partial charge in [-0.05, 0) is 29.6 Å². The second-order valence-electron chi connectivity index (χ2n) is 4.47. The van der Waals surface area contributed by atoms with Crippen molar-refractivity contribution < 1.29 is 4.42 Å². The molecular weight excluding hydrogens is 284 g/mol. The van der Waals surface area contributed by atoms with Crippen LogP contribution in [-0.4, -0.2) is 15.0 Å². The van der Waals surface area contributed by atoms with Gasteiger partial charge in [-0.1, -0.05) is 6.07 Å². The lowest BCUT2D eigenvalue weighted by molar-refractivity contribution is 0.580. The first-order valence-electron chi connectivity index (χ1n) is 6.32. The molecule has 2 N–H and O–H groups in total. The van der Waals surface area contributed by atoms with Crippen molar-refractivity contribution in [3.8, 4) is 21.9 Å². The Kier molecular flexibility index (Phi) is 2.68. The van der Waals surface area contributed by atoms with E-state index in [9.17, 15) is 0 Å². The lowest BCUT2D eigenvalue weighted by atomic mass is 10.1. The zero-order valence-electron chi connectivity index (χ0n) is 10.9. The van der Waals surface area contributed by atoms with Gasteiger partial charge in [0.1, 0.15) is 17.8 Å². The summed E-state index contributed by atoms with van der Waals surface area (Å²) in [7, 11) is 0. The summed E-state index contributed by atoms with van der Waals surface area (Å²) in [5, 5.41) is 2.80. The van der Waals surface area contributed by atoms with Crippen LogP contribution in [0.4, 0.5) is 5.82 Å². The van der Waals surface area contributed by atoms with Gasteiger partial charge in [0, 0.05) is 10.4 Å². The van der Waals surface area contributed by atoms with Crippen LogP contribution in [0.2, 0.25) is 0 Å². The molecule has 0 aliphatic heterocycles. The van der Waals surface area contributed by atoms with E-state index in [0.29, 0.717) is 17.2 Å². The summed E-state index contributed by atoms with van der Waals surface area (Å²) in [6, 6.07) is 9.71. The van der Waals surface area contributed by atoms with Crippen molar-refractivity contribution in [2.45, 2.75) is 0 Å². The molecule has 0 radical (unpaired) electrons. The average molecular weight is 294 g/mol. The zero-order valence-corrected chi connectivity index (χ0v) is 11.7. The van der Waals surface area contributed by atoms with Gasteiger partial charge in [-0.25, -0.2) is 15.0 Å². The summed E-state index contributed by atoms with van der Waals surface area (Å²) in [4.78, 5) is 13.9. The molecule has 4 rings (SSSR count). The van der Waals surface area contributed by atoms with Crippen molar-refractivity contribution in [1.29, 1.82) is 0 Å². The number of nitrogens with zero attached hydrogens (tertiary/aromatic N) is 3. The molecule has 5 nitrogen and oxygen atoms in total. The van der Waals surface area contributed by atoms with Crippen LogP contribution < -0.4 is 5.73 Å². The van der Waals surface area contributed by atoms with E-state index in [1.807, 2.05) is 35.7 Å². The van der Waals surface area contributed by atoms with Crippen molar-refractivity contribution in [2.24, 2.45) is 0 Å². The van der Waals surface area contributed by atoms with E-state index in [4.69, 9.17) is 10.2 Å². The highest BCUT2D eigenvalue weighted by molar-refractivity contribution is 7.13. The van der Waals surface area contributed by atoms with E-state index in [1.54, 1.807) is 17.6 Å². The van der Waals surface area contributed by atoms with E-state index in [2.05, 4.69) is 15.0 Å². The van der Waals surface area contributed by atoms with Crippen molar-refractivity contribution in [2.75, 3.05) is 5.73 Å². The molecule has 0 bridgehead atoms. The average Bonchev–Trinajstić information content (AvgIpc) is 3.20. The quantitative estimate of drug-likeness (QED) is 0.611. The van der Waals surface area contributed by atoms with Crippen LogP contribution >= 0.6 is 11.3 Å². The third kappa shape index (κ3) is 1.96. The minimum atomic E-state index is 0.432. The standard InChI is InChI=1S/C15H10N4OS/c16-14-13-9(12-4-2-6-21-12)7-10(11-3-1-5-20-11)19-15(13)18-8-17-14/h1-8H,(H2,16,17,18,19). The molecule has 0 unspecified atom stereocenters. The van der Waals surface area contributed by atoms with Crippen LogP contribution in [0.15, 0.2) is 52.7 Å². The highest BCUT2D eigenvalue weighted by atomic mass is 32.1. The van der Waals surface area contributed by atoms with Crippen molar-refractivity contribution in [3.63, 3.8) is 0 Å². The predicted molar refractivity (Wildman–Crippen MR) is 82.8 cm³/mol. The van der Waals surface area contributed by atoms with E-state index < -0.39 is 0 Å². The minimum absolute atomic E-state index is 0.432. The molecule has 0 atom stereocenters. The van der Waals surface area contributed by atoms with Crippen molar-refractivity contribution in [1.82, 2.24) is 15.0 Å². The number of fused-ring (bicyclic) bond motifs is 1. The molecule has 0 aliphatic carbocycles. The number of nitrogen functional groups attached to an aromatic ring is 1. The van der Waals surface area contributed by atoms with Gasteiger partial charge in [0.25, 0.3) is 0 Å². The number of hydrogen-bond acceptors (Lipinski definition) is 6. The molecule has 4 aromatic rings. The van der Waals surface area contributed by atoms with E-state index >= 15 is 0 Å². The molecule has 4 aromatic heterocycles. The number of rotatable bonds is 2. The monoisotopic (exact) mass is 294 g/mol. The smallest absolute Gasteiger partial charge is 0.166 e. The summed E-state index contributed by atoms with van der Waals surface area (Å²) >= 11 is 1.64. The Labute approximate surface area is 124 Å². The minimum Gasteiger partial charge on any atom is -0.463 e. The van der Waals surface area contributed by atoms with E-state index in [1.165, 1.54) is 6.33 Å². The Hall–Kier alpha value is -2.73. The van der Waals surface area contributed by atoms with Crippen molar-refractivity contribution >= 4 is 28.2 Å². The Morgan fingerprint density at radius 1 is 1.14 bits per heavy atom. The summed E-state index contributed by atoms with van der Waals surface area (Å²) < 4.78 is 5.44. The molecule has 0 saturated carbocycles. The van der Waals surface area contributed by atoms with Crippen LogP contribution in [-0.2, 0) is 0 Å². The van der Waals surface area contributed by atoms with Crippen LogP contribution in [0, 0.1) is 0 Å². The lowest BCUT2D eigenvalue weighted by Gasteiger charge is -2.08. The SMILES string of the molecule is Nc1ncnc2nc(-c3ccco3)cc(-c3cccs3)c12. The number of hydrogen-bond donors (Lipinski definition) is 1. The van der Waals surface area contributed by atoms with E-state index in [0.717, 1.165) is 21.5 Å². The number of anilines is 1. The normalized spacial score (nSPS) is 11.0. The molecule has 21 heavy (non-hydrogen) atoms. The van der Waals surface area contributed by atoms with Gasteiger partial charge in [-0.15, -0.1) is 11.3 Å². The maximum atomic E-state index is 6.02. The topological polar surface area (TPSA) is 77.8 Å². The van der Waals surface area contributed by atoms with Crippen molar-refractivity contribution in [3.05, 3.63) is 48.3 Å².